The molecule has 0 aromatic carbocycles. The van der Waals surface area contributed by atoms with Gasteiger partial charge in [0.25, 0.3) is 0 Å². The van der Waals surface area contributed by atoms with Crippen molar-refractivity contribution in [2.75, 3.05) is 0 Å². The highest BCUT2D eigenvalue weighted by Crippen LogP contribution is 2.47. The van der Waals surface area contributed by atoms with E-state index in [-0.39, 0.29) is 35.9 Å². The Morgan fingerprint density at radius 1 is 0.692 bits per heavy atom. The third kappa shape index (κ3) is 3.84. The van der Waals surface area contributed by atoms with Crippen molar-refractivity contribution in [3.8, 4) is 11.1 Å². The van der Waals surface area contributed by atoms with E-state index in [1.54, 1.807) is 0 Å². The van der Waals surface area contributed by atoms with Crippen molar-refractivity contribution in [1.82, 2.24) is 0 Å². The lowest BCUT2D eigenvalue weighted by atomic mass is 10.0. The summed E-state index contributed by atoms with van der Waals surface area (Å²) in [7, 11) is 0. The summed E-state index contributed by atoms with van der Waals surface area (Å²) in [5.41, 5.74) is -4.16. The third-order valence-corrected chi connectivity index (χ3v) is 3.57. The van der Waals surface area contributed by atoms with E-state index in [9.17, 15) is 35.9 Å². The van der Waals surface area contributed by atoms with Gasteiger partial charge in [-0.3, -0.25) is 9.59 Å². The van der Waals surface area contributed by atoms with Crippen LogP contribution in [0.3, 0.4) is 0 Å². The predicted octanol–water partition coefficient (Wildman–Crippen LogP) is 5.08. The zero-order chi connectivity index (χ0) is 19.5. The Morgan fingerprint density at radius 2 is 1.08 bits per heavy atom. The molecule has 0 amide bonds. The fourth-order valence-electron chi connectivity index (χ4n) is 2.57. The van der Waals surface area contributed by atoms with E-state index in [4.69, 9.17) is 0 Å². The summed E-state index contributed by atoms with van der Waals surface area (Å²) in [5.74, 6) is 0. The monoisotopic (exact) mass is 372 g/mol. The molecular weight excluding hydrogens is 362 g/mol. The van der Waals surface area contributed by atoms with Crippen LogP contribution in [-0.2, 0) is 9.59 Å². The lowest BCUT2D eigenvalue weighted by Gasteiger charge is -2.11. The van der Waals surface area contributed by atoms with Crippen molar-refractivity contribution in [1.29, 1.82) is 0 Å². The van der Waals surface area contributed by atoms with E-state index in [0.717, 1.165) is 0 Å². The summed E-state index contributed by atoms with van der Waals surface area (Å²) in [5, 5.41) is 0. The van der Waals surface area contributed by atoms with Crippen LogP contribution in [0.2, 0.25) is 0 Å². The largest absolute Gasteiger partial charge is 0.417 e. The molecule has 0 N–H and O–H groups in total. The number of hydrogen-bond acceptors (Lipinski definition) is 2. The van der Waals surface area contributed by atoms with Gasteiger partial charge in [-0.2, -0.15) is 26.3 Å². The molecule has 0 bridgehead atoms. The zero-order valence-corrected chi connectivity index (χ0v) is 12.9. The molecule has 0 atom stereocenters. The number of halogens is 6. The van der Waals surface area contributed by atoms with Gasteiger partial charge < -0.3 is 0 Å². The van der Waals surface area contributed by atoms with Crippen LogP contribution < -0.4 is 0 Å². The van der Waals surface area contributed by atoms with Crippen molar-refractivity contribution >= 4 is 23.7 Å². The molecule has 0 radical (unpaired) electrons. The van der Waals surface area contributed by atoms with Crippen LogP contribution >= 0.6 is 0 Å². The third-order valence-electron chi connectivity index (χ3n) is 3.57. The maximum atomic E-state index is 13.3. The Labute approximate surface area is 143 Å². The molecule has 26 heavy (non-hydrogen) atoms. The summed E-state index contributed by atoms with van der Waals surface area (Å²) < 4.78 is 79.7. The van der Waals surface area contributed by atoms with Crippen LogP contribution in [-0.4, -0.2) is 24.9 Å². The molecular formula is C18H10F6O2. The molecule has 0 spiro atoms. The number of fused-ring (bicyclic) bond motifs is 1. The number of hydrogen-bond donors (Lipinski definition) is 0. The maximum absolute atomic E-state index is 13.3. The average molecular weight is 372 g/mol. The molecule has 0 unspecified atom stereocenters. The van der Waals surface area contributed by atoms with Gasteiger partial charge in [0.1, 0.15) is 12.6 Å². The van der Waals surface area contributed by atoms with Crippen molar-refractivity contribution in [2.45, 2.75) is 12.4 Å². The lowest BCUT2D eigenvalue weighted by Crippen LogP contribution is -2.11. The second-order valence-corrected chi connectivity index (χ2v) is 5.14. The van der Waals surface area contributed by atoms with Crippen LogP contribution in [0.25, 0.3) is 22.3 Å². The number of rotatable bonds is 4. The minimum atomic E-state index is -4.96. The van der Waals surface area contributed by atoms with Gasteiger partial charge in [-0.25, -0.2) is 0 Å². The van der Waals surface area contributed by atoms with Gasteiger partial charge in [0.15, 0.2) is 0 Å². The fraction of sp³-hybridized carbons (Fsp3) is 0.111. The van der Waals surface area contributed by atoms with Crippen molar-refractivity contribution in [3.05, 3.63) is 59.7 Å². The molecule has 136 valence electrons. The first-order valence-corrected chi connectivity index (χ1v) is 7.09. The summed E-state index contributed by atoms with van der Waals surface area (Å²) in [6.07, 6.45) is -9.59. The van der Waals surface area contributed by atoms with E-state index < -0.39 is 34.6 Å². The van der Waals surface area contributed by atoms with E-state index in [0.29, 0.717) is 6.07 Å². The van der Waals surface area contributed by atoms with Crippen LogP contribution in [0.5, 0.6) is 0 Å². The fourth-order valence-corrected chi connectivity index (χ4v) is 2.57. The molecule has 0 heterocycles. The van der Waals surface area contributed by atoms with Crippen molar-refractivity contribution in [2.24, 2.45) is 0 Å². The molecule has 0 fully saturated rings. The normalized spacial score (nSPS) is 13.8. The SMILES string of the molecule is O=C/C=C(\c1cc(/C(=C\C=O)C(F)(F)F)c2cccccc1-2)C(F)(F)F. The van der Waals surface area contributed by atoms with Crippen LogP contribution in [0.15, 0.2) is 48.6 Å². The van der Waals surface area contributed by atoms with E-state index >= 15 is 0 Å². The highest BCUT2D eigenvalue weighted by Gasteiger charge is 2.40. The van der Waals surface area contributed by atoms with Gasteiger partial charge in [-0.1, -0.05) is 30.3 Å². The molecule has 2 aliphatic rings. The second-order valence-electron chi connectivity index (χ2n) is 5.14. The summed E-state index contributed by atoms with van der Waals surface area (Å²) in [6.45, 7) is 0. The molecule has 0 aliphatic heterocycles. The Bertz CT molecular complexity index is 791. The quantitative estimate of drug-likeness (QED) is 0.426. The summed E-state index contributed by atoms with van der Waals surface area (Å²) in [6, 6.07) is 7.28. The maximum Gasteiger partial charge on any atom is 0.417 e. The minimum Gasteiger partial charge on any atom is -0.299 e. The first kappa shape index (κ1) is 19.4. The molecule has 0 aromatic heterocycles. The van der Waals surface area contributed by atoms with Gasteiger partial charge in [0, 0.05) is 0 Å². The van der Waals surface area contributed by atoms with Crippen LogP contribution in [0.4, 0.5) is 26.3 Å². The molecule has 2 nitrogen and oxygen atoms in total. The molecule has 2 aliphatic carbocycles. The molecule has 2 rings (SSSR count). The predicted molar refractivity (Wildman–Crippen MR) is 83.3 cm³/mol. The number of carbonyl (C=O) groups excluding carboxylic acids is 2. The Hall–Kier alpha value is -2.90. The Kier molecular flexibility index (Phi) is 5.34. The van der Waals surface area contributed by atoms with E-state index in [1.807, 2.05) is 0 Å². The van der Waals surface area contributed by atoms with Gasteiger partial charge in [-0.05, 0) is 40.5 Å². The number of alkyl halides is 6. The summed E-state index contributed by atoms with van der Waals surface area (Å²) >= 11 is 0. The van der Waals surface area contributed by atoms with Crippen LogP contribution in [0, 0.1) is 0 Å². The number of carbonyl (C=O) groups is 2. The lowest BCUT2D eigenvalue weighted by molar-refractivity contribution is -0.105. The second kappa shape index (κ2) is 7.15. The van der Waals surface area contributed by atoms with Gasteiger partial charge in [-0.15, -0.1) is 0 Å². The standard InChI is InChI=1S/C18H10F6O2/c19-17(20,21)15(6-8-25)13-10-14(16(7-9-26)18(22,23)24)12-5-3-1-2-4-11(12)13/h1-10H/b15-6+,16-7+. The zero-order valence-electron chi connectivity index (χ0n) is 12.9. The minimum absolute atomic E-state index is 0.0871. The number of allylic oxidation sites excluding steroid dienone is 4. The highest BCUT2D eigenvalue weighted by atomic mass is 19.4. The highest BCUT2D eigenvalue weighted by molar-refractivity contribution is 5.98. The van der Waals surface area contributed by atoms with Gasteiger partial charge >= 0.3 is 12.4 Å². The smallest absolute Gasteiger partial charge is 0.299 e. The van der Waals surface area contributed by atoms with Crippen LogP contribution in [0.1, 0.15) is 11.1 Å². The van der Waals surface area contributed by atoms with Gasteiger partial charge in [0.2, 0.25) is 0 Å². The topological polar surface area (TPSA) is 34.1 Å². The molecule has 0 saturated heterocycles. The first-order valence-electron chi connectivity index (χ1n) is 7.09. The average Bonchev–Trinajstić information content (AvgIpc) is 2.70. The first-order chi connectivity index (χ1) is 12.1. The summed E-state index contributed by atoms with van der Waals surface area (Å²) in [4.78, 5) is 21.2. The van der Waals surface area contributed by atoms with Crippen molar-refractivity contribution < 1.29 is 35.9 Å². The number of aldehydes is 2. The molecule has 0 saturated carbocycles. The Balaban J connectivity index is 2.89. The van der Waals surface area contributed by atoms with E-state index in [1.165, 1.54) is 30.3 Å². The molecule has 8 heteroatoms. The molecule has 0 aromatic rings. The van der Waals surface area contributed by atoms with E-state index in [2.05, 4.69) is 0 Å². The van der Waals surface area contributed by atoms with Gasteiger partial charge in [0.05, 0.1) is 11.1 Å². The van der Waals surface area contributed by atoms with Crippen molar-refractivity contribution in [3.63, 3.8) is 0 Å². The Morgan fingerprint density at radius 3 is 1.38 bits per heavy atom.